The van der Waals surface area contributed by atoms with Gasteiger partial charge in [-0.1, -0.05) is 0 Å². The fraction of sp³-hybridized carbons (Fsp3) is 0.200. The van der Waals surface area contributed by atoms with Crippen molar-refractivity contribution in [3.63, 3.8) is 0 Å². The van der Waals surface area contributed by atoms with Crippen molar-refractivity contribution in [2.45, 2.75) is 6.92 Å². The zero-order valence-corrected chi connectivity index (χ0v) is 7.06. The van der Waals surface area contributed by atoms with Gasteiger partial charge in [0.15, 0.2) is 0 Å². The van der Waals surface area contributed by atoms with Gasteiger partial charge in [-0.25, -0.2) is 10.2 Å². The van der Waals surface area contributed by atoms with Crippen LogP contribution >= 0.6 is 0 Å². The first kappa shape index (κ1) is 10.9. The summed E-state index contributed by atoms with van der Waals surface area (Å²) in [7, 11) is 0. The second kappa shape index (κ2) is 5.52. The van der Waals surface area contributed by atoms with Gasteiger partial charge in [0, 0.05) is 0 Å². The molecule has 7 N–H and O–H groups in total. The highest BCUT2D eigenvalue weighted by molar-refractivity contribution is 6.29. The molecule has 0 fully saturated rings. The van der Waals surface area contributed by atoms with Crippen LogP contribution < -0.4 is 22.6 Å². The third-order valence-electron chi connectivity index (χ3n) is 0.760. The molecule has 0 spiro atoms. The summed E-state index contributed by atoms with van der Waals surface area (Å²) in [5.74, 6) is -0.160. The molecule has 0 bridgehead atoms. The Morgan fingerprint density at radius 1 is 1.38 bits per heavy atom. The predicted octanol–water partition coefficient (Wildman–Crippen LogP) is -1.71. The maximum Gasteiger partial charge on any atom is 0.332 e. The van der Waals surface area contributed by atoms with Crippen LogP contribution in [0.1, 0.15) is 6.92 Å². The highest BCUT2D eigenvalue weighted by Crippen LogP contribution is 1.72. The molecule has 13 heavy (non-hydrogen) atoms. The van der Waals surface area contributed by atoms with Gasteiger partial charge in [0.05, 0.1) is 11.9 Å². The van der Waals surface area contributed by atoms with E-state index in [0.29, 0.717) is 5.71 Å². The quantitative estimate of drug-likeness (QED) is 0.236. The first-order valence-electron chi connectivity index (χ1n) is 3.24. The summed E-state index contributed by atoms with van der Waals surface area (Å²) in [6.45, 7) is 1.58. The summed E-state index contributed by atoms with van der Waals surface area (Å²) in [6.07, 6.45) is 1.26. The molecule has 0 rings (SSSR count). The molecule has 8 heteroatoms. The summed E-state index contributed by atoms with van der Waals surface area (Å²) in [5, 5.41) is 10.3. The number of hydrogen-bond acceptors (Lipinski definition) is 4. The lowest BCUT2D eigenvalue weighted by molar-refractivity contribution is 0.249. The van der Waals surface area contributed by atoms with E-state index < -0.39 is 6.03 Å². The van der Waals surface area contributed by atoms with Gasteiger partial charge in [0.25, 0.3) is 0 Å². The van der Waals surface area contributed by atoms with Gasteiger partial charge < -0.3 is 17.2 Å². The molecule has 0 aliphatic rings. The van der Waals surface area contributed by atoms with Crippen molar-refractivity contribution in [3.8, 4) is 0 Å². The Kier molecular flexibility index (Phi) is 4.62. The number of carbonyl (C=O) groups excluding carboxylic acids is 1. The maximum atomic E-state index is 10.2. The van der Waals surface area contributed by atoms with Gasteiger partial charge in [-0.2, -0.15) is 10.2 Å². The Bertz CT molecular complexity index is 262. The number of hydrogen-bond donors (Lipinski definition) is 4. The molecular weight excluding hydrogens is 174 g/mol. The fourth-order valence-electron chi connectivity index (χ4n) is 0.351. The molecule has 0 aliphatic heterocycles. The SMILES string of the molecule is CC(C=NN=C(N)N)=NNC(N)=O. The fourth-order valence-corrected chi connectivity index (χ4v) is 0.351. The Morgan fingerprint density at radius 3 is 2.46 bits per heavy atom. The van der Waals surface area contributed by atoms with Gasteiger partial charge in [-0.15, -0.1) is 5.10 Å². The standard InChI is InChI=1S/C5H11N7O/c1-3(10-12-5(8)13)2-9-11-4(6)7/h2H,1H3,(H4,6,7,11)(H3,8,12,13). The van der Waals surface area contributed by atoms with Crippen LogP contribution in [0.3, 0.4) is 0 Å². The van der Waals surface area contributed by atoms with Crippen LogP contribution in [0.15, 0.2) is 15.3 Å². The highest BCUT2D eigenvalue weighted by Gasteiger charge is 1.87. The number of nitrogens with zero attached hydrogens (tertiary/aromatic N) is 3. The Balaban J connectivity index is 4.06. The molecule has 0 radical (unpaired) electrons. The molecule has 72 valence electrons. The molecule has 0 heterocycles. The number of guanidine groups is 1. The molecule has 2 amide bonds. The van der Waals surface area contributed by atoms with Crippen LogP contribution in [0.5, 0.6) is 0 Å². The van der Waals surface area contributed by atoms with E-state index >= 15 is 0 Å². The van der Waals surface area contributed by atoms with Crippen LogP contribution in [-0.4, -0.2) is 23.9 Å². The molecule has 0 aromatic rings. The average molecular weight is 185 g/mol. The van der Waals surface area contributed by atoms with Crippen LogP contribution in [0.4, 0.5) is 4.79 Å². The zero-order chi connectivity index (χ0) is 10.3. The predicted molar refractivity (Wildman–Crippen MR) is 50.1 cm³/mol. The number of urea groups is 1. The molecule has 0 unspecified atom stereocenters. The lowest BCUT2D eigenvalue weighted by Gasteiger charge is -1.91. The van der Waals surface area contributed by atoms with E-state index in [1.807, 2.05) is 5.43 Å². The molecule has 0 atom stereocenters. The van der Waals surface area contributed by atoms with Gasteiger partial charge in [-0.3, -0.25) is 0 Å². The number of rotatable bonds is 3. The smallest absolute Gasteiger partial charge is 0.332 e. The summed E-state index contributed by atoms with van der Waals surface area (Å²) in [4.78, 5) is 10.2. The molecule has 0 aromatic heterocycles. The summed E-state index contributed by atoms with van der Waals surface area (Å²) < 4.78 is 0. The monoisotopic (exact) mass is 185 g/mol. The van der Waals surface area contributed by atoms with Gasteiger partial charge in [0.1, 0.15) is 0 Å². The van der Waals surface area contributed by atoms with E-state index in [4.69, 9.17) is 17.2 Å². The minimum Gasteiger partial charge on any atom is -0.369 e. The molecule has 0 aromatic carbocycles. The van der Waals surface area contributed by atoms with Crippen LogP contribution in [-0.2, 0) is 0 Å². The van der Waals surface area contributed by atoms with Crippen LogP contribution in [0, 0.1) is 0 Å². The number of primary amides is 1. The summed E-state index contributed by atoms with van der Waals surface area (Å²) in [5.41, 5.74) is 17.1. The number of nitrogens with two attached hydrogens (primary N) is 3. The second-order valence-electron chi connectivity index (χ2n) is 2.00. The van der Waals surface area contributed by atoms with E-state index in [1.54, 1.807) is 6.92 Å². The van der Waals surface area contributed by atoms with Crippen molar-refractivity contribution in [1.82, 2.24) is 5.43 Å². The second-order valence-corrected chi connectivity index (χ2v) is 2.00. The van der Waals surface area contributed by atoms with E-state index in [1.165, 1.54) is 6.21 Å². The van der Waals surface area contributed by atoms with Crippen molar-refractivity contribution in [2.24, 2.45) is 32.5 Å². The van der Waals surface area contributed by atoms with Gasteiger partial charge >= 0.3 is 6.03 Å². The number of carbonyl (C=O) groups is 1. The van der Waals surface area contributed by atoms with Crippen molar-refractivity contribution < 1.29 is 4.79 Å². The first-order chi connectivity index (χ1) is 6.02. The van der Waals surface area contributed by atoms with E-state index in [9.17, 15) is 4.79 Å². The van der Waals surface area contributed by atoms with Crippen molar-refractivity contribution >= 4 is 23.9 Å². The Morgan fingerprint density at radius 2 is 2.00 bits per heavy atom. The third-order valence-corrected chi connectivity index (χ3v) is 0.760. The van der Waals surface area contributed by atoms with Crippen LogP contribution in [0.2, 0.25) is 0 Å². The molecular formula is C5H11N7O. The number of nitrogens with one attached hydrogen (secondary N) is 1. The minimum atomic E-state index is -0.755. The summed E-state index contributed by atoms with van der Waals surface area (Å²) in [6, 6.07) is -0.755. The Labute approximate surface area is 74.6 Å². The molecule has 0 saturated heterocycles. The minimum absolute atomic E-state index is 0.160. The Hall–Kier alpha value is -2.12. The number of hydrazone groups is 1. The van der Waals surface area contributed by atoms with E-state index in [0.717, 1.165) is 0 Å². The normalized spacial score (nSPS) is 11.3. The molecule has 0 saturated carbocycles. The molecule has 0 aliphatic carbocycles. The van der Waals surface area contributed by atoms with Crippen molar-refractivity contribution in [1.29, 1.82) is 0 Å². The maximum absolute atomic E-state index is 10.2. The topological polar surface area (TPSA) is 144 Å². The lowest BCUT2D eigenvalue weighted by atomic mass is 10.5. The van der Waals surface area contributed by atoms with E-state index in [2.05, 4.69) is 15.3 Å². The summed E-state index contributed by atoms with van der Waals surface area (Å²) >= 11 is 0. The molecule has 8 nitrogen and oxygen atoms in total. The van der Waals surface area contributed by atoms with E-state index in [-0.39, 0.29) is 5.96 Å². The van der Waals surface area contributed by atoms with Gasteiger partial charge in [-0.05, 0) is 6.92 Å². The first-order valence-corrected chi connectivity index (χ1v) is 3.24. The third kappa shape index (κ3) is 7.78. The largest absolute Gasteiger partial charge is 0.369 e. The average Bonchev–Trinajstić information content (AvgIpc) is 2.00. The lowest BCUT2D eigenvalue weighted by Crippen LogP contribution is -2.25. The van der Waals surface area contributed by atoms with Crippen molar-refractivity contribution in [3.05, 3.63) is 0 Å². The zero-order valence-electron chi connectivity index (χ0n) is 7.06. The number of amides is 2. The van der Waals surface area contributed by atoms with Crippen LogP contribution in [0.25, 0.3) is 0 Å². The van der Waals surface area contributed by atoms with Crippen molar-refractivity contribution in [2.75, 3.05) is 0 Å². The highest BCUT2D eigenvalue weighted by atomic mass is 16.2. The van der Waals surface area contributed by atoms with Gasteiger partial charge in [0.2, 0.25) is 5.96 Å².